The third kappa shape index (κ3) is 20.7. The van der Waals surface area contributed by atoms with Gasteiger partial charge in [-0.1, -0.05) is 64.1 Å². The number of nitrogens with zero attached hydrogens (tertiary/aromatic N) is 4. The van der Waals surface area contributed by atoms with Crippen LogP contribution >= 0.6 is 23.9 Å². The van der Waals surface area contributed by atoms with Crippen molar-refractivity contribution in [1.82, 2.24) is 29.0 Å². The molecule has 4 amide bonds. The average Bonchev–Trinajstić information content (AvgIpc) is 3.06. The molecule has 0 saturated heterocycles. The first kappa shape index (κ1) is 42.2. The second kappa shape index (κ2) is 27.5. The van der Waals surface area contributed by atoms with Gasteiger partial charge in [0.15, 0.2) is 0 Å². The Labute approximate surface area is 279 Å². The number of nitrogens with one attached hydrogen (secondary N) is 2. The molecule has 0 radical (unpaired) electrons. The van der Waals surface area contributed by atoms with E-state index < -0.39 is 0 Å². The number of rotatable bonds is 20. The molecule has 0 unspecified atom stereocenters. The largest absolute Gasteiger partial charge is 0.493 e. The lowest BCUT2D eigenvalue weighted by molar-refractivity contribution is 0.226. The van der Waals surface area contributed by atoms with Crippen molar-refractivity contribution in [2.75, 3.05) is 91.2 Å². The minimum atomic E-state index is -0.0585. The molecule has 0 heterocycles. The van der Waals surface area contributed by atoms with Crippen LogP contribution in [0.4, 0.5) is 9.59 Å². The van der Waals surface area contributed by atoms with E-state index in [0.29, 0.717) is 26.3 Å². The minimum absolute atomic E-state index is 0. The van der Waals surface area contributed by atoms with Crippen molar-refractivity contribution >= 4 is 36.0 Å². The van der Waals surface area contributed by atoms with Gasteiger partial charge in [0.05, 0.1) is 13.2 Å². The summed E-state index contributed by atoms with van der Waals surface area (Å²) in [5, 5.41) is 5.85. The van der Waals surface area contributed by atoms with Crippen molar-refractivity contribution in [2.24, 2.45) is 0 Å². The normalized spacial score (nSPS) is 10.3. The molecule has 2 rings (SSSR count). The highest BCUT2D eigenvalue weighted by molar-refractivity contribution is 7.97. The van der Waals surface area contributed by atoms with E-state index in [1.165, 1.54) is 23.9 Å². The van der Waals surface area contributed by atoms with Crippen molar-refractivity contribution in [2.45, 2.75) is 27.7 Å². The molecule has 0 spiro atoms. The molecule has 2 aromatic rings. The van der Waals surface area contributed by atoms with E-state index >= 15 is 0 Å². The Hall–Kier alpha value is -2.84. The van der Waals surface area contributed by atoms with Crippen LogP contribution in [0.15, 0.2) is 60.7 Å². The quantitative estimate of drug-likeness (QED) is 0.156. The Morgan fingerprint density at radius 2 is 0.956 bits per heavy atom. The highest BCUT2D eigenvalue weighted by Gasteiger charge is 2.10. The fourth-order valence-corrected chi connectivity index (χ4v) is 4.99. The van der Waals surface area contributed by atoms with Gasteiger partial charge in [-0.2, -0.15) is 0 Å². The van der Waals surface area contributed by atoms with Gasteiger partial charge >= 0.3 is 12.1 Å². The first-order valence-electron chi connectivity index (χ1n) is 15.4. The molecule has 0 bridgehead atoms. The van der Waals surface area contributed by atoms with Crippen LogP contribution in [0.2, 0.25) is 0 Å². The van der Waals surface area contributed by atoms with Crippen molar-refractivity contribution < 1.29 is 24.5 Å². The summed E-state index contributed by atoms with van der Waals surface area (Å²) in [6.45, 7) is 16.8. The molecule has 0 atom stereocenters. The van der Waals surface area contributed by atoms with Crippen molar-refractivity contribution in [1.29, 1.82) is 0 Å². The lowest BCUT2D eigenvalue weighted by Crippen LogP contribution is -2.39. The molecule has 0 aliphatic rings. The van der Waals surface area contributed by atoms with Crippen molar-refractivity contribution in [3.63, 3.8) is 0 Å². The van der Waals surface area contributed by atoms with Crippen molar-refractivity contribution in [3.8, 4) is 11.5 Å². The third-order valence-electron chi connectivity index (χ3n) is 6.53. The summed E-state index contributed by atoms with van der Waals surface area (Å²) >= 11 is 2.91. The van der Waals surface area contributed by atoms with Gasteiger partial charge in [-0.3, -0.25) is 8.61 Å². The summed E-state index contributed by atoms with van der Waals surface area (Å²) in [6.07, 6.45) is 0. The maximum Gasteiger partial charge on any atom is 0.327 e. The molecular weight excluding hydrogens is 613 g/mol. The summed E-state index contributed by atoms with van der Waals surface area (Å²) in [4.78, 5) is 28.4. The van der Waals surface area contributed by atoms with Crippen molar-refractivity contribution in [3.05, 3.63) is 60.7 Å². The summed E-state index contributed by atoms with van der Waals surface area (Å²) in [7, 11) is 3.56. The van der Waals surface area contributed by atoms with Crippen LogP contribution in [0.25, 0.3) is 0 Å². The molecule has 0 aromatic heterocycles. The van der Waals surface area contributed by atoms with Crippen LogP contribution in [0, 0.1) is 0 Å². The predicted octanol–water partition coefficient (Wildman–Crippen LogP) is 4.57. The number of carbonyl (C=O) groups is 2. The van der Waals surface area contributed by atoms with E-state index in [9.17, 15) is 9.59 Å². The van der Waals surface area contributed by atoms with Crippen LogP contribution in [0.1, 0.15) is 27.7 Å². The van der Waals surface area contributed by atoms with Crippen LogP contribution in [0.3, 0.4) is 0 Å². The van der Waals surface area contributed by atoms with E-state index in [1.807, 2.05) is 60.7 Å². The molecule has 45 heavy (non-hydrogen) atoms. The van der Waals surface area contributed by atoms with Crippen LogP contribution in [-0.2, 0) is 0 Å². The molecule has 0 fully saturated rings. The number of hydrogen-bond acceptors (Lipinski definition) is 8. The molecule has 13 heteroatoms. The second-order valence-corrected chi connectivity index (χ2v) is 11.9. The van der Waals surface area contributed by atoms with Gasteiger partial charge in [0.1, 0.15) is 11.5 Å². The predicted molar refractivity (Wildman–Crippen MR) is 190 cm³/mol. The zero-order chi connectivity index (χ0) is 32.4. The Kier molecular flexibility index (Phi) is 25.7. The number of likely N-dealkylation sites (N-methyl/N-ethyl adjacent to an activating group) is 2. The van der Waals surface area contributed by atoms with Gasteiger partial charge in [-0.05, 0) is 74.3 Å². The maximum atomic E-state index is 11.9. The highest BCUT2D eigenvalue weighted by atomic mass is 32.2. The Morgan fingerprint density at radius 3 is 1.27 bits per heavy atom. The smallest absolute Gasteiger partial charge is 0.327 e. The zero-order valence-corrected chi connectivity index (χ0v) is 29.6. The monoisotopic (exact) mass is 668 g/mol. The van der Waals surface area contributed by atoms with Gasteiger partial charge in [-0.15, -0.1) is 0 Å². The topological polar surface area (TPSA) is 121 Å². The van der Waals surface area contributed by atoms with Gasteiger partial charge < -0.3 is 35.4 Å². The number of para-hydroxylation sites is 2. The van der Waals surface area contributed by atoms with Gasteiger partial charge in [0.2, 0.25) is 0 Å². The number of amides is 4. The summed E-state index contributed by atoms with van der Waals surface area (Å²) in [6, 6.07) is 19.3. The molecule has 0 aliphatic carbocycles. The van der Waals surface area contributed by atoms with E-state index in [2.05, 4.69) is 48.1 Å². The zero-order valence-electron chi connectivity index (χ0n) is 28.0. The van der Waals surface area contributed by atoms with Gasteiger partial charge in [0, 0.05) is 51.8 Å². The summed E-state index contributed by atoms with van der Waals surface area (Å²) < 4.78 is 14.4. The first-order valence-corrected chi connectivity index (χ1v) is 17.3. The van der Waals surface area contributed by atoms with Crippen LogP contribution in [0.5, 0.6) is 11.5 Å². The minimum Gasteiger partial charge on any atom is -0.493 e. The lowest BCUT2D eigenvalue weighted by Gasteiger charge is -2.20. The van der Waals surface area contributed by atoms with Crippen LogP contribution < -0.4 is 20.1 Å². The average molecular weight is 669 g/mol. The summed E-state index contributed by atoms with van der Waals surface area (Å²) in [5.41, 5.74) is 0. The molecule has 0 saturated carbocycles. The molecule has 256 valence electrons. The van der Waals surface area contributed by atoms with Gasteiger partial charge in [0.25, 0.3) is 0 Å². The van der Waals surface area contributed by atoms with Gasteiger partial charge in [-0.25, -0.2) is 9.59 Å². The van der Waals surface area contributed by atoms with Crippen LogP contribution in [-0.4, -0.2) is 127 Å². The number of hydrogen-bond donors (Lipinski definition) is 2. The lowest BCUT2D eigenvalue weighted by atomic mass is 10.3. The molecular formula is C32H56N6O5S2. The maximum absolute atomic E-state index is 11.9. The highest BCUT2D eigenvalue weighted by Crippen LogP contribution is 2.12. The van der Waals surface area contributed by atoms with E-state index in [-0.39, 0.29) is 17.5 Å². The van der Waals surface area contributed by atoms with E-state index in [4.69, 9.17) is 9.47 Å². The number of benzene rings is 2. The standard InChI is InChI=1S/2C16H27N3O2S.H2O/c2*1-4-19(5-2)12-11-17-16(20)18(3)22-14-13-21-15-9-7-6-8-10-15;/h2*6-10H,4-5,11-14H2,1-3H3,(H,17,20);1H2. The Morgan fingerprint density at radius 1 is 0.622 bits per heavy atom. The fourth-order valence-electron chi connectivity index (χ4n) is 3.76. The Balaban J connectivity index is 0.000000842. The SMILES string of the molecule is CCN(CC)CCNC(=O)N(C)SCCOc1ccccc1.CCN(CC)CCNC(=O)N(C)SCCOc1ccccc1.O. The molecule has 4 N–H and O–H groups in total. The number of ether oxygens (including phenoxy) is 2. The number of urea groups is 2. The number of carbonyl (C=O) groups excluding carboxylic acids is 2. The molecule has 0 aliphatic heterocycles. The molecule has 11 nitrogen and oxygen atoms in total. The van der Waals surface area contributed by atoms with E-state index in [0.717, 1.165) is 62.3 Å². The van der Waals surface area contributed by atoms with E-state index in [1.54, 1.807) is 22.7 Å². The fraction of sp³-hybridized carbons (Fsp3) is 0.562. The third-order valence-corrected chi connectivity index (χ3v) is 8.33. The Bertz CT molecular complexity index is 909. The molecule has 2 aromatic carbocycles. The first-order chi connectivity index (χ1) is 21.3. The summed E-state index contributed by atoms with van der Waals surface area (Å²) in [5.74, 6) is 3.17. The second-order valence-electron chi connectivity index (χ2n) is 9.50.